The molecule has 14 heteroatoms. The average Bonchev–Trinajstić information content (AvgIpc) is 2.83. The Morgan fingerprint density at radius 2 is 1.23 bits per heavy atom. The second kappa shape index (κ2) is 9.06. The summed E-state index contributed by atoms with van der Waals surface area (Å²) in [6, 6.07) is 0. The summed E-state index contributed by atoms with van der Waals surface area (Å²) in [7, 11) is -10.8. The van der Waals surface area contributed by atoms with Gasteiger partial charge >= 0.3 is 31.1 Å². The standard InChI is InChI=1S/C10H22N.C2HF6NO4S2/c1-3-4-5-8-11(2)9-6-7-10-11;3-1(4,5)14(10,11)9-15(12,13)2(6,7)8/h3-10H2,1-2H3;9H/q+1;. The highest BCUT2D eigenvalue weighted by Gasteiger charge is 2.55. The lowest BCUT2D eigenvalue weighted by atomic mass is 10.2. The molecular formula is C12H23F6N2O4S2+. The van der Waals surface area contributed by atoms with Gasteiger partial charge in [0, 0.05) is 12.8 Å². The minimum absolute atomic E-state index is 0.493. The molecule has 1 N–H and O–H groups in total. The monoisotopic (exact) mass is 437 g/mol. The van der Waals surface area contributed by atoms with E-state index in [1.807, 2.05) is 0 Å². The highest BCUT2D eigenvalue weighted by molar-refractivity contribution is 8.05. The average molecular weight is 437 g/mol. The number of unbranched alkanes of at least 4 members (excludes halogenated alkanes) is 2. The van der Waals surface area contributed by atoms with Crippen LogP contribution >= 0.6 is 0 Å². The number of halogens is 6. The number of sulfonamides is 2. The Morgan fingerprint density at radius 3 is 1.54 bits per heavy atom. The Bertz CT molecular complexity index is 596. The van der Waals surface area contributed by atoms with Gasteiger partial charge in [0.05, 0.1) is 26.7 Å². The first-order valence-corrected chi connectivity index (χ1v) is 10.7. The molecule has 0 saturated carbocycles. The molecule has 0 aromatic rings. The summed E-state index contributed by atoms with van der Waals surface area (Å²) in [4.78, 5) is 0. The van der Waals surface area contributed by atoms with Crippen molar-refractivity contribution in [3.8, 4) is 0 Å². The van der Waals surface area contributed by atoms with Gasteiger partial charge in [-0.05, 0) is 12.8 Å². The van der Waals surface area contributed by atoms with E-state index >= 15 is 0 Å². The third-order valence-electron chi connectivity index (χ3n) is 3.78. The van der Waals surface area contributed by atoms with Gasteiger partial charge in [-0.2, -0.15) is 26.3 Å². The molecule has 1 aliphatic rings. The predicted molar refractivity (Wildman–Crippen MR) is 82.6 cm³/mol. The highest BCUT2D eigenvalue weighted by atomic mass is 32.3. The number of hydrogen-bond donors (Lipinski definition) is 1. The van der Waals surface area contributed by atoms with Crippen molar-refractivity contribution < 1.29 is 47.7 Å². The van der Waals surface area contributed by atoms with E-state index in [0.29, 0.717) is 0 Å². The van der Waals surface area contributed by atoms with Crippen molar-refractivity contribution in [2.45, 2.75) is 50.0 Å². The van der Waals surface area contributed by atoms with E-state index in [2.05, 4.69) is 14.0 Å². The first kappa shape index (κ1) is 25.4. The number of hydrogen-bond acceptors (Lipinski definition) is 4. The van der Waals surface area contributed by atoms with Crippen LogP contribution in [0, 0.1) is 0 Å². The molecule has 0 aromatic carbocycles. The SMILES string of the molecule is CCCCC[N+]1(C)CCCC1.O=S(=O)(NS(=O)(=O)C(F)(F)F)C(F)(F)F. The largest absolute Gasteiger partial charge is 0.512 e. The van der Waals surface area contributed by atoms with Gasteiger partial charge in [-0.3, -0.25) is 0 Å². The van der Waals surface area contributed by atoms with Crippen LogP contribution in [0.25, 0.3) is 0 Å². The Hall–Kier alpha value is -0.600. The van der Waals surface area contributed by atoms with Gasteiger partial charge in [0.1, 0.15) is 0 Å². The van der Waals surface area contributed by atoms with Crippen molar-refractivity contribution in [1.82, 2.24) is 4.13 Å². The van der Waals surface area contributed by atoms with Gasteiger partial charge in [0.25, 0.3) is 0 Å². The van der Waals surface area contributed by atoms with Crippen LogP contribution in [0.4, 0.5) is 26.3 Å². The van der Waals surface area contributed by atoms with Crippen molar-refractivity contribution >= 4 is 20.0 Å². The molecule has 1 saturated heterocycles. The minimum atomic E-state index is -6.60. The van der Waals surface area contributed by atoms with Gasteiger partial charge in [-0.15, -0.1) is 0 Å². The summed E-state index contributed by atoms with van der Waals surface area (Å²) >= 11 is 0. The second-order valence-electron chi connectivity index (χ2n) is 6.19. The molecule has 0 bridgehead atoms. The van der Waals surface area contributed by atoms with E-state index in [1.54, 1.807) is 0 Å². The summed E-state index contributed by atoms with van der Waals surface area (Å²) in [6.45, 7) is 6.57. The fraction of sp³-hybridized carbons (Fsp3) is 1.00. The van der Waals surface area contributed by atoms with Gasteiger partial charge in [-0.1, -0.05) is 17.5 Å². The van der Waals surface area contributed by atoms with E-state index in [1.165, 1.54) is 56.2 Å². The van der Waals surface area contributed by atoms with Crippen molar-refractivity contribution in [2.24, 2.45) is 0 Å². The molecule has 0 unspecified atom stereocenters. The molecule has 158 valence electrons. The summed E-state index contributed by atoms with van der Waals surface area (Å²) in [5.74, 6) is 0. The van der Waals surface area contributed by atoms with E-state index < -0.39 is 35.2 Å². The zero-order chi connectivity index (χ0) is 20.9. The lowest BCUT2D eigenvalue weighted by molar-refractivity contribution is -0.897. The fourth-order valence-electron chi connectivity index (χ4n) is 2.30. The van der Waals surface area contributed by atoms with Crippen molar-refractivity contribution in [1.29, 1.82) is 0 Å². The number of nitrogens with one attached hydrogen (secondary N) is 1. The van der Waals surface area contributed by atoms with Crippen molar-refractivity contribution in [3.05, 3.63) is 0 Å². The van der Waals surface area contributed by atoms with Crippen LogP contribution in [0.1, 0.15) is 39.0 Å². The molecule has 0 amide bonds. The lowest BCUT2D eigenvalue weighted by Gasteiger charge is -2.28. The van der Waals surface area contributed by atoms with Crippen LogP contribution in [0.5, 0.6) is 0 Å². The quantitative estimate of drug-likeness (QED) is 0.394. The zero-order valence-electron chi connectivity index (χ0n) is 14.3. The Morgan fingerprint density at radius 1 is 0.846 bits per heavy atom. The molecule has 0 atom stereocenters. The topological polar surface area (TPSA) is 80.3 Å². The number of rotatable bonds is 6. The maximum atomic E-state index is 11.5. The van der Waals surface area contributed by atoms with Crippen LogP contribution in [0.15, 0.2) is 0 Å². The summed E-state index contributed by atoms with van der Waals surface area (Å²) < 4.78 is 110. The molecule has 0 spiro atoms. The molecule has 1 heterocycles. The molecule has 6 nitrogen and oxygen atoms in total. The summed E-state index contributed by atoms with van der Waals surface area (Å²) in [5.41, 5.74) is -12.3. The van der Waals surface area contributed by atoms with Gasteiger partial charge < -0.3 is 4.48 Å². The van der Waals surface area contributed by atoms with Crippen LogP contribution in [-0.2, 0) is 20.0 Å². The van der Waals surface area contributed by atoms with E-state index in [-0.39, 0.29) is 0 Å². The molecule has 0 aromatic heterocycles. The number of likely N-dealkylation sites (tertiary alicyclic amines) is 1. The van der Waals surface area contributed by atoms with Gasteiger partial charge in [0.15, 0.2) is 0 Å². The van der Waals surface area contributed by atoms with Gasteiger partial charge in [-0.25, -0.2) is 16.8 Å². The molecular weight excluding hydrogens is 414 g/mol. The maximum absolute atomic E-state index is 11.5. The highest BCUT2D eigenvalue weighted by Crippen LogP contribution is 2.27. The van der Waals surface area contributed by atoms with Crippen LogP contribution in [0.2, 0.25) is 0 Å². The third-order valence-corrected chi connectivity index (χ3v) is 6.75. The molecule has 1 aliphatic heterocycles. The molecule has 1 rings (SSSR count). The first-order valence-electron chi connectivity index (χ1n) is 7.72. The van der Waals surface area contributed by atoms with E-state index in [9.17, 15) is 43.2 Å². The van der Waals surface area contributed by atoms with E-state index in [4.69, 9.17) is 0 Å². The van der Waals surface area contributed by atoms with Crippen molar-refractivity contribution in [2.75, 3.05) is 26.7 Å². The Balaban J connectivity index is 0.000000502. The summed E-state index contributed by atoms with van der Waals surface area (Å²) in [6.07, 6.45) is 7.14. The van der Waals surface area contributed by atoms with Crippen LogP contribution in [0.3, 0.4) is 0 Å². The van der Waals surface area contributed by atoms with Gasteiger partial charge in [0.2, 0.25) is 0 Å². The predicted octanol–water partition coefficient (Wildman–Crippen LogP) is 2.69. The van der Waals surface area contributed by atoms with Crippen molar-refractivity contribution in [3.63, 3.8) is 0 Å². The fourth-order valence-corrected chi connectivity index (χ4v) is 4.22. The van der Waals surface area contributed by atoms with E-state index in [0.717, 1.165) is 0 Å². The number of quaternary nitrogens is 1. The maximum Gasteiger partial charge on any atom is 0.512 e. The number of nitrogens with zero attached hydrogens (tertiary/aromatic N) is 1. The third kappa shape index (κ3) is 7.96. The van der Waals surface area contributed by atoms with Crippen LogP contribution < -0.4 is 4.13 Å². The molecule has 1 fully saturated rings. The molecule has 26 heavy (non-hydrogen) atoms. The second-order valence-corrected chi connectivity index (χ2v) is 9.79. The lowest BCUT2D eigenvalue weighted by Crippen LogP contribution is -2.45. The summed E-state index contributed by atoms with van der Waals surface area (Å²) in [5, 5.41) is 0. The Kier molecular flexibility index (Phi) is 8.85. The number of alkyl halides is 6. The smallest absolute Gasteiger partial charge is 0.326 e. The first-order chi connectivity index (χ1) is 11.5. The molecule has 0 aliphatic carbocycles. The minimum Gasteiger partial charge on any atom is -0.326 e. The molecule has 0 radical (unpaired) electrons. The zero-order valence-corrected chi connectivity index (χ0v) is 16.0. The normalized spacial score (nSPS) is 18.3. The Labute approximate surface area is 149 Å². The van der Waals surface area contributed by atoms with Crippen LogP contribution in [-0.4, -0.2) is 59.0 Å².